The van der Waals surface area contributed by atoms with E-state index in [9.17, 15) is 13.2 Å². The van der Waals surface area contributed by atoms with Crippen LogP contribution in [0.1, 0.15) is 19.4 Å². The molecule has 1 rings (SSSR count). The predicted molar refractivity (Wildman–Crippen MR) is 84.1 cm³/mol. The van der Waals surface area contributed by atoms with E-state index in [-0.39, 0.29) is 16.7 Å². The SMILES string of the molecule is CC(C)C(=O)NCCNCc1c(Cl)cccc1S(C)(=O)=O. The first-order valence-electron chi connectivity index (χ1n) is 6.69. The van der Waals surface area contributed by atoms with Crippen LogP contribution in [-0.2, 0) is 21.2 Å². The van der Waals surface area contributed by atoms with Crippen LogP contribution < -0.4 is 10.6 Å². The fourth-order valence-electron chi connectivity index (χ4n) is 1.75. The van der Waals surface area contributed by atoms with E-state index < -0.39 is 9.84 Å². The lowest BCUT2D eigenvalue weighted by Crippen LogP contribution is -2.34. The fraction of sp³-hybridized carbons (Fsp3) is 0.500. The Kier molecular flexibility index (Phi) is 6.64. The third-order valence-electron chi connectivity index (χ3n) is 2.90. The largest absolute Gasteiger partial charge is 0.355 e. The van der Waals surface area contributed by atoms with Gasteiger partial charge in [-0.3, -0.25) is 4.79 Å². The molecule has 0 heterocycles. The van der Waals surface area contributed by atoms with E-state index in [4.69, 9.17) is 11.6 Å². The lowest BCUT2D eigenvalue weighted by molar-refractivity contribution is -0.123. The molecule has 0 bridgehead atoms. The van der Waals surface area contributed by atoms with Crippen molar-refractivity contribution in [2.75, 3.05) is 19.3 Å². The smallest absolute Gasteiger partial charge is 0.222 e. The average molecular weight is 333 g/mol. The molecule has 0 saturated heterocycles. The fourth-order valence-corrected chi connectivity index (χ4v) is 3.00. The summed E-state index contributed by atoms with van der Waals surface area (Å²) in [4.78, 5) is 11.6. The van der Waals surface area contributed by atoms with Crippen molar-refractivity contribution >= 4 is 27.3 Å². The van der Waals surface area contributed by atoms with Gasteiger partial charge in [0.05, 0.1) is 4.90 Å². The van der Waals surface area contributed by atoms with Crippen molar-refractivity contribution in [3.63, 3.8) is 0 Å². The van der Waals surface area contributed by atoms with Gasteiger partial charge in [-0.05, 0) is 12.1 Å². The Morgan fingerprint density at radius 3 is 2.52 bits per heavy atom. The summed E-state index contributed by atoms with van der Waals surface area (Å²) in [6.07, 6.45) is 1.16. The van der Waals surface area contributed by atoms with E-state index in [0.29, 0.717) is 30.2 Å². The van der Waals surface area contributed by atoms with Crippen molar-refractivity contribution < 1.29 is 13.2 Å². The zero-order valence-corrected chi connectivity index (χ0v) is 14.0. The number of carbonyl (C=O) groups excluding carboxylic acids is 1. The third-order valence-corrected chi connectivity index (χ3v) is 4.44. The molecule has 0 radical (unpaired) electrons. The molecule has 118 valence electrons. The number of halogens is 1. The first-order chi connectivity index (χ1) is 9.73. The minimum absolute atomic E-state index is 0.00799. The van der Waals surface area contributed by atoms with Gasteiger partial charge in [0.1, 0.15) is 0 Å². The Hall–Kier alpha value is -1.11. The maximum absolute atomic E-state index is 11.7. The molecule has 1 aromatic rings. The zero-order valence-electron chi connectivity index (χ0n) is 12.4. The molecule has 0 aliphatic rings. The van der Waals surface area contributed by atoms with Crippen LogP contribution in [0.25, 0.3) is 0 Å². The van der Waals surface area contributed by atoms with Crippen LogP contribution in [0.15, 0.2) is 23.1 Å². The molecule has 1 aromatic carbocycles. The molecule has 0 atom stereocenters. The van der Waals surface area contributed by atoms with Crippen molar-refractivity contribution in [1.82, 2.24) is 10.6 Å². The minimum Gasteiger partial charge on any atom is -0.355 e. The number of hydrogen-bond donors (Lipinski definition) is 2. The molecule has 21 heavy (non-hydrogen) atoms. The first kappa shape index (κ1) is 17.9. The summed E-state index contributed by atoms with van der Waals surface area (Å²) >= 11 is 6.07. The van der Waals surface area contributed by atoms with Gasteiger partial charge in [-0.2, -0.15) is 0 Å². The van der Waals surface area contributed by atoms with E-state index in [0.717, 1.165) is 6.26 Å². The normalized spacial score (nSPS) is 11.7. The highest BCUT2D eigenvalue weighted by molar-refractivity contribution is 7.90. The van der Waals surface area contributed by atoms with Crippen molar-refractivity contribution in [3.05, 3.63) is 28.8 Å². The van der Waals surface area contributed by atoms with Crippen molar-refractivity contribution in [3.8, 4) is 0 Å². The molecule has 1 amide bonds. The summed E-state index contributed by atoms with van der Waals surface area (Å²) in [5.41, 5.74) is 0.553. The highest BCUT2D eigenvalue weighted by Crippen LogP contribution is 2.23. The van der Waals surface area contributed by atoms with E-state index in [1.807, 2.05) is 13.8 Å². The summed E-state index contributed by atoms with van der Waals surface area (Å²) in [5.74, 6) is -0.0585. The van der Waals surface area contributed by atoms with Crippen LogP contribution in [0.5, 0.6) is 0 Å². The molecule has 7 heteroatoms. The summed E-state index contributed by atoms with van der Waals surface area (Å²) in [6.45, 7) is 5.00. The highest BCUT2D eigenvalue weighted by atomic mass is 35.5. The average Bonchev–Trinajstić information content (AvgIpc) is 2.38. The Bertz CT molecular complexity index is 600. The molecular weight excluding hydrogens is 312 g/mol. The van der Waals surface area contributed by atoms with E-state index in [1.54, 1.807) is 18.2 Å². The van der Waals surface area contributed by atoms with Crippen molar-refractivity contribution in [2.45, 2.75) is 25.3 Å². The second-order valence-corrected chi connectivity index (χ2v) is 7.50. The minimum atomic E-state index is -3.32. The van der Waals surface area contributed by atoms with Crippen LogP contribution in [0.4, 0.5) is 0 Å². The van der Waals surface area contributed by atoms with E-state index in [2.05, 4.69) is 10.6 Å². The Labute approximate surface area is 131 Å². The van der Waals surface area contributed by atoms with Gasteiger partial charge in [0, 0.05) is 42.4 Å². The number of nitrogens with one attached hydrogen (secondary N) is 2. The Morgan fingerprint density at radius 1 is 1.29 bits per heavy atom. The number of carbonyl (C=O) groups is 1. The molecular formula is C14H21ClN2O3S. The predicted octanol–water partition coefficient (Wildman–Crippen LogP) is 1.61. The molecule has 0 aliphatic heterocycles. The van der Waals surface area contributed by atoms with Gasteiger partial charge in [0.25, 0.3) is 0 Å². The Balaban J connectivity index is 2.59. The second kappa shape index (κ2) is 7.77. The quantitative estimate of drug-likeness (QED) is 0.744. The van der Waals surface area contributed by atoms with Gasteiger partial charge in [-0.15, -0.1) is 0 Å². The summed E-state index contributed by atoms with van der Waals surface area (Å²) in [5, 5.41) is 6.27. The second-order valence-electron chi connectivity index (χ2n) is 5.11. The standard InChI is InChI=1S/C14H21ClN2O3S/c1-10(2)14(18)17-8-7-16-9-11-12(15)5-4-6-13(11)21(3,19)20/h4-6,10,16H,7-9H2,1-3H3,(H,17,18). The van der Waals surface area contributed by atoms with Crippen molar-refractivity contribution in [2.24, 2.45) is 5.92 Å². The molecule has 2 N–H and O–H groups in total. The van der Waals surface area contributed by atoms with Crippen LogP contribution in [0.3, 0.4) is 0 Å². The number of rotatable bonds is 7. The van der Waals surface area contributed by atoms with Crippen LogP contribution in [-0.4, -0.2) is 33.7 Å². The van der Waals surface area contributed by atoms with Gasteiger partial charge >= 0.3 is 0 Å². The molecule has 0 saturated carbocycles. The van der Waals surface area contributed by atoms with Crippen LogP contribution >= 0.6 is 11.6 Å². The number of sulfone groups is 1. The number of amides is 1. The Morgan fingerprint density at radius 2 is 1.95 bits per heavy atom. The van der Waals surface area contributed by atoms with Crippen LogP contribution in [0.2, 0.25) is 5.02 Å². The molecule has 0 spiro atoms. The maximum atomic E-state index is 11.7. The van der Waals surface area contributed by atoms with Gasteiger partial charge in [0.15, 0.2) is 9.84 Å². The number of benzene rings is 1. The number of hydrogen-bond acceptors (Lipinski definition) is 4. The molecule has 0 unspecified atom stereocenters. The molecule has 0 fully saturated rings. The van der Waals surface area contributed by atoms with Crippen molar-refractivity contribution in [1.29, 1.82) is 0 Å². The monoisotopic (exact) mass is 332 g/mol. The summed E-state index contributed by atoms with van der Waals surface area (Å²) in [6, 6.07) is 4.82. The van der Waals surface area contributed by atoms with Gasteiger partial charge in [-0.1, -0.05) is 31.5 Å². The van der Waals surface area contributed by atoms with Gasteiger partial charge < -0.3 is 10.6 Å². The van der Waals surface area contributed by atoms with Crippen LogP contribution in [0, 0.1) is 5.92 Å². The van der Waals surface area contributed by atoms with Gasteiger partial charge in [-0.25, -0.2) is 8.42 Å². The topological polar surface area (TPSA) is 75.3 Å². The summed E-state index contributed by atoms with van der Waals surface area (Å²) < 4.78 is 23.4. The summed E-state index contributed by atoms with van der Waals surface area (Å²) in [7, 11) is -3.32. The van der Waals surface area contributed by atoms with E-state index in [1.165, 1.54) is 0 Å². The third kappa shape index (κ3) is 5.65. The molecule has 0 aliphatic carbocycles. The maximum Gasteiger partial charge on any atom is 0.222 e. The first-order valence-corrected chi connectivity index (χ1v) is 8.96. The molecule has 5 nitrogen and oxygen atoms in total. The lowest BCUT2D eigenvalue weighted by atomic mass is 10.2. The lowest BCUT2D eigenvalue weighted by Gasteiger charge is -2.12. The van der Waals surface area contributed by atoms with Gasteiger partial charge in [0.2, 0.25) is 5.91 Å². The zero-order chi connectivity index (χ0) is 16.0. The molecule has 0 aromatic heterocycles. The van der Waals surface area contributed by atoms with E-state index >= 15 is 0 Å². The highest BCUT2D eigenvalue weighted by Gasteiger charge is 2.15.